The molecule has 0 aromatic heterocycles. The molecular weight excluding hydrogens is 319 g/mol. The molecule has 5 heteroatoms. The second kappa shape index (κ2) is 6.56. The van der Waals surface area contributed by atoms with Crippen molar-refractivity contribution in [2.45, 2.75) is 39.0 Å². The Bertz CT molecular complexity index is 754. The van der Waals surface area contributed by atoms with Crippen molar-refractivity contribution in [3.63, 3.8) is 0 Å². The van der Waals surface area contributed by atoms with E-state index >= 15 is 0 Å². The zero-order valence-electron chi connectivity index (χ0n) is 15.2. The number of fused-ring (bicyclic) bond motifs is 1. The SMILES string of the molecule is COc1cc(F)c2c(c1)C(CN)N(c1ccc(OC(C)(C)C)cc1)C2. The van der Waals surface area contributed by atoms with Gasteiger partial charge in [-0.3, -0.25) is 0 Å². The number of anilines is 1. The van der Waals surface area contributed by atoms with Gasteiger partial charge >= 0.3 is 0 Å². The van der Waals surface area contributed by atoms with Gasteiger partial charge in [0, 0.05) is 30.4 Å². The highest BCUT2D eigenvalue weighted by atomic mass is 19.1. The zero-order chi connectivity index (χ0) is 18.2. The van der Waals surface area contributed by atoms with E-state index in [0.717, 1.165) is 17.0 Å². The average Bonchev–Trinajstić information content (AvgIpc) is 2.93. The molecule has 0 spiro atoms. The van der Waals surface area contributed by atoms with E-state index < -0.39 is 0 Å². The molecule has 0 saturated heterocycles. The van der Waals surface area contributed by atoms with Crippen LogP contribution in [0.25, 0.3) is 0 Å². The topological polar surface area (TPSA) is 47.7 Å². The number of nitrogens with zero attached hydrogens (tertiary/aromatic N) is 1. The summed E-state index contributed by atoms with van der Waals surface area (Å²) in [4.78, 5) is 2.12. The quantitative estimate of drug-likeness (QED) is 0.910. The molecule has 1 aliphatic rings. The van der Waals surface area contributed by atoms with Gasteiger partial charge in [-0.25, -0.2) is 4.39 Å². The predicted octanol–water partition coefficient (Wildman–Crippen LogP) is 4.03. The molecule has 2 aromatic rings. The molecule has 0 bridgehead atoms. The van der Waals surface area contributed by atoms with E-state index in [4.69, 9.17) is 15.2 Å². The lowest BCUT2D eigenvalue weighted by molar-refractivity contribution is 0.131. The van der Waals surface area contributed by atoms with E-state index in [1.165, 1.54) is 6.07 Å². The maximum absolute atomic E-state index is 14.4. The molecule has 134 valence electrons. The number of hydrogen-bond acceptors (Lipinski definition) is 4. The van der Waals surface area contributed by atoms with E-state index in [-0.39, 0.29) is 17.5 Å². The predicted molar refractivity (Wildman–Crippen MR) is 97.8 cm³/mol. The Kier molecular flexibility index (Phi) is 4.60. The van der Waals surface area contributed by atoms with Crippen LogP contribution < -0.4 is 20.1 Å². The molecule has 4 nitrogen and oxygen atoms in total. The third-order valence-corrected chi connectivity index (χ3v) is 4.32. The Balaban J connectivity index is 1.89. The molecular formula is C20H25FN2O2. The van der Waals surface area contributed by atoms with Crippen LogP contribution in [0.5, 0.6) is 11.5 Å². The van der Waals surface area contributed by atoms with Crippen molar-refractivity contribution in [2.75, 3.05) is 18.6 Å². The highest BCUT2D eigenvalue weighted by Crippen LogP contribution is 2.40. The minimum absolute atomic E-state index is 0.0750. The van der Waals surface area contributed by atoms with Gasteiger partial charge in [-0.1, -0.05) is 0 Å². The fraction of sp³-hybridized carbons (Fsp3) is 0.400. The molecule has 0 radical (unpaired) electrons. The van der Waals surface area contributed by atoms with Crippen LogP contribution >= 0.6 is 0 Å². The summed E-state index contributed by atoms with van der Waals surface area (Å²) in [6.45, 7) is 6.93. The Morgan fingerprint density at radius 1 is 1.16 bits per heavy atom. The van der Waals surface area contributed by atoms with E-state index in [9.17, 15) is 4.39 Å². The fourth-order valence-corrected chi connectivity index (χ4v) is 3.25. The highest BCUT2D eigenvalue weighted by molar-refractivity contribution is 5.57. The maximum atomic E-state index is 14.4. The van der Waals surface area contributed by atoms with Gasteiger partial charge in [-0.05, 0) is 56.7 Å². The van der Waals surface area contributed by atoms with Crippen molar-refractivity contribution in [1.29, 1.82) is 0 Å². The van der Waals surface area contributed by atoms with Crippen molar-refractivity contribution in [3.8, 4) is 11.5 Å². The van der Waals surface area contributed by atoms with Gasteiger partial charge in [0.15, 0.2) is 0 Å². The van der Waals surface area contributed by atoms with Crippen molar-refractivity contribution >= 4 is 5.69 Å². The summed E-state index contributed by atoms with van der Waals surface area (Å²) >= 11 is 0. The highest BCUT2D eigenvalue weighted by Gasteiger charge is 2.32. The van der Waals surface area contributed by atoms with Gasteiger partial charge in [0.1, 0.15) is 22.9 Å². The fourth-order valence-electron chi connectivity index (χ4n) is 3.25. The molecule has 1 heterocycles. The Morgan fingerprint density at radius 2 is 1.84 bits per heavy atom. The minimum atomic E-state index is -0.247. The Labute approximate surface area is 148 Å². The largest absolute Gasteiger partial charge is 0.497 e. The maximum Gasteiger partial charge on any atom is 0.132 e. The van der Waals surface area contributed by atoms with Crippen LogP contribution in [0.4, 0.5) is 10.1 Å². The lowest BCUT2D eigenvalue weighted by Gasteiger charge is -2.27. The first-order valence-electron chi connectivity index (χ1n) is 8.44. The molecule has 0 amide bonds. The number of rotatable bonds is 4. The number of ether oxygens (including phenoxy) is 2. The van der Waals surface area contributed by atoms with E-state index in [1.54, 1.807) is 7.11 Å². The molecule has 0 aliphatic carbocycles. The van der Waals surface area contributed by atoms with Gasteiger partial charge in [0.25, 0.3) is 0 Å². The number of halogens is 1. The summed E-state index contributed by atoms with van der Waals surface area (Å²) in [6, 6.07) is 11.1. The first-order chi connectivity index (χ1) is 11.8. The van der Waals surface area contributed by atoms with E-state index in [0.29, 0.717) is 24.4 Å². The zero-order valence-corrected chi connectivity index (χ0v) is 15.2. The third kappa shape index (κ3) is 3.56. The van der Waals surface area contributed by atoms with Gasteiger partial charge < -0.3 is 20.1 Å². The minimum Gasteiger partial charge on any atom is -0.497 e. The number of hydrogen-bond donors (Lipinski definition) is 1. The molecule has 3 rings (SSSR count). The number of benzene rings is 2. The standard InChI is InChI=1S/C20H25FN2O2/c1-20(2,3)25-14-7-5-13(6-8-14)23-12-17-16(19(23)11-22)9-15(24-4)10-18(17)21/h5-10,19H,11-12,22H2,1-4H3. The van der Waals surface area contributed by atoms with Crippen LogP contribution in [0.1, 0.15) is 37.9 Å². The Hall–Kier alpha value is -2.27. The monoisotopic (exact) mass is 344 g/mol. The van der Waals surface area contributed by atoms with E-state index in [2.05, 4.69) is 4.90 Å². The number of methoxy groups -OCH3 is 1. The van der Waals surface area contributed by atoms with Crippen LogP contribution in [0.3, 0.4) is 0 Å². The van der Waals surface area contributed by atoms with Crippen molar-refractivity contribution in [1.82, 2.24) is 0 Å². The lowest BCUT2D eigenvalue weighted by Crippen LogP contribution is -2.27. The molecule has 1 unspecified atom stereocenters. The smallest absolute Gasteiger partial charge is 0.132 e. The van der Waals surface area contributed by atoms with Gasteiger partial charge in [-0.2, -0.15) is 0 Å². The first-order valence-corrected chi connectivity index (χ1v) is 8.44. The van der Waals surface area contributed by atoms with Crippen molar-refractivity contribution in [2.24, 2.45) is 5.73 Å². The molecule has 0 fully saturated rings. The van der Waals surface area contributed by atoms with Crippen LogP contribution in [0.15, 0.2) is 36.4 Å². The summed E-state index contributed by atoms with van der Waals surface area (Å²) in [5, 5.41) is 0. The lowest BCUT2D eigenvalue weighted by atomic mass is 10.0. The van der Waals surface area contributed by atoms with Gasteiger partial charge in [0.2, 0.25) is 0 Å². The van der Waals surface area contributed by atoms with Crippen LogP contribution in [0.2, 0.25) is 0 Å². The van der Waals surface area contributed by atoms with Crippen molar-refractivity contribution < 1.29 is 13.9 Å². The second-order valence-corrected chi connectivity index (χ2v) is 7.26. The molecule has 1 aliphatic heterocycles. The summed E-state index contributed by atoms with van der Waals surface area (Å²) < 4.78 is 25.5. The Morgan fingerprint density at radius 3 is 2.40 bits per heavy atom. The molecule has 0 saturated carbocycles. The summed E-state index contributed by atoms with van der Waals surface area (Å²) in [6.07, 6.45) is 0. The molecule has 2 N–H and O–H groups in total. The van der Waals surface area contributed by atoms with Crippen LogP contribution in [-0.2, 0) is 6.54 Å². The molecule has 2 aromatic carbocycles. The normalized spacial score (nSPS) is 16.7. The number of nitrogens with two attached hydrogens (primary N) is 1. The summed E-state index contributed by atoms with van der Waals surface area (Å²) in [7, 11) is 1.54. The van der Waals surface area contributed by atoms with E-state index in [1.807, 2.05) is 51.1 Å². The molecule has 25 heavy (non-hydrogen) atoms. The van der Waals surface area contributed by atoms with Gasteiger partial charge in [0.05, 0.1) is 13.2 Å². The van der Waals surface area contributed by atoms with Crippen molar-refractivity contribution in [3.05, 3.63) is 53.3 Å². The summed E-state index contributed by atoms with van der Waals surface area (Å²) in [5.74, 6) is 1.08. The van der Waals surface area contributed by atoms with Crippen LogP contribution in [-0.4, -0.2) is 19.3 Å². The molecule has 1 atom stereocenters. The first kappa shape index (κ1) is 17.5. The third-order valence-electron chi connectivity index (χ3n) is 4.32. The average molecular weight is 344 g/mol. The van der Waals surface area contributed by atoms with Crippen LogP contribution in [0, 0.1) is 5.82 Å². The summed E-state index contributed by atoms with van der Waals surface area (Å²) in [5.41, 5.74) is 8.33. The van der Waals surface area contributed by atoms with Gasteiger partial charge in [-0.15, -0.1) is 0 Å². The second-order valence-electron chi connectivity index (χ2n) is 7.26.